The number of carbonyl (C=O) groups excluding carboxylic acids is 1. The molecule has 4 aromatic rings. The zero-order valence-electron chi connectivity index (χ0n) is 17.6. The van der Waals surface area contributed by atoms with Gasteiger partial charge in [0.1, 0.15) is 0 Å². The van der Waals surface area contributed by atoms with Gasteiger partial charge >= 0.3 is 0 Å². The Labute approximate surface area is 181 Å². The Kier molecular flexibility index (Phi) is 5.96. The molecule has 0 spiro atoms. The first-order valence-electron chi connectivity index (χ1n) is 10.4. The Morgan fingerprint density at radius 2 is 1.74 bits per heavy atom. The van der Waals surface area contributed by atoms with E-state index in [1.807, 2.05) is 60.7 Å². The summed E-state index contributed by atoms with van der Waals surface area (Å²) in [4.78, 5) is 19.9. The van der Waals surface area contributed by atoms with Crippen LogP contribution in [0.3, 0.4) is 0 Å². The van der Waals surface area contributed by atoms with Crippen LogP contribution in [0.4, 0.5) is 5.69 Å². The lowest BCUT2D eigenvalue weighted by atomic mass is 9.99. The van der Waals surface area contributed by atoms with Crippen molar-refractivity contribution >= 4 is 28.1 Å². The fourth-order valence-corrected chi connectivity index (χ4v) is 3.58. The molecule has 156 valence electrons. The smallest absolute Gasteiger partial charge is 0.199 e. The van der Waals surface area contributed by atoms with E-state index < -0.39 is 0 Å². The highest BCUT2D eigenvalue weighted by Crippen LogP contribution is 2.32. The Morgan fingerprint density at radius 3 is 2.42 bits per heavy atom. The summed E-state index contributed by atoms with van der Waals surface area (Å²) >= 11 is 0. The summed E-state index contributed by atoms with van der Waals surface area (Å²) in [6.07, 6.45) is 0. The van der Waals surface area contributed by atoms with Gasteiger partial charge < -0.3 is 15.4 Å². The van der Waals surface area contributed by atoms with Crippen molar-refractivity contribution in [1.82, 2.24) is 10.3 Å². The average molecular weight is 412 g/mol. The summed E-state index contributed by atoms with van der Waals surface area (Å²) in [6, 6.07) is 23.2. The number of fused-ring (bicyclic) bond motifs is 1. The van der Waals surface area contributed by atoms with Crippen LogP contribution < -0.4 is 5.32 Å². The maximum absolute atomic E-state index is 11.9. The van der Waals surface area contributed by atoms with E-state index in [1.165, 1.54) is 12.5 Å². The van der Waals surface area contributed by atoms with Gasteiger partial charge in [-0.1, -0.05) is 49.4 Å². The number of aromatic nitrogens is 1. The van der Waals surface area contributed by atoms with Crippen molar-refractivity contribution in [3.8, 4) is 5.88 Å². The van der Waals surface area contributed by atoms with Gasteiger partial charge in [0, 0.05) is 28.6 Å². The quantitative estimate of drug-likeness (QED) is 0.283. The molecule has 0 aliphatic heterocycles. The second-order valence-electron chi connectivity index (χ2n) is 7.44. The third-order valence-electron chi connectivity index (χ3n) is 5.23. The molecule has 0 atom stereocenters. The van der Waals surface area contributed by atoms with Crippen molar-refractivity contribution in [1.29, 1.82) is 0 Å². The van der Waals surface area contributed by atoms with Gasteiger partial charge in [-0.15, -0.1) is 0 Å². The van der Waals surface area contributed by atoms with Crippen LogP contribution >= 0.6 is 0 Å². The molecule has 0 unspecified atom stereocenters. The molecule has 5 heteroatoms. The van der Waals surface area contributed by atoms with Crippen LogP contribution in [0, 0.1) is 0 Å². The first kappa shape index (κ1) is 20.6. The fraction of sp³-hybridized carbons (Fsp3) is 0.154. The molecule has 3 aromatic carbocycles. The summed E-state index contributed by atoms with van der Waals surface area (Å²) in [6.45, 7) is 5.34. The Hall–Kier alpha value is -3.70. The van der Waals surface area contributed by atoms with E-state index in [4.69, 9.17) is 4.99 Å². The average Bonchev–Trinajstić information content (AvgIpc) is 3.12. The lowest BCUT2D eigenvalue weighted by Crippen LogP contribution is -2.11. The van der Waals surface area contributed by atoms with E-state index in [0.717, 1.165) is 35.2 Å². The van der Waals surface area contributed by atoms with Crippen LogP contribution in [0.25, 0.3) is 10.9 Å². The molecule has 0 aliphatic carbocycles. The molecule has 0 bridgehead atoms. The zero-order valence-corrected chi connectivity index (χ0v) is 17.6. The number of Topliss-reactive ketones (excluding diaryl/α,β-unsaturated/α-hetero) is 1. The second kappa shape index (κ2) is 8.98. The zero-order chi connectivity index (χ0) is 21.8. The first-order valence-corrected chi connectivity index (χ1v) is 10.4. The van der Waals surface area contributed by atoms with Crippen molar-refractivity contribution in [2.45, 2.75) is 20.4 Å². The number of aromatic amines is 1. The highest BCUT2D eigenvalue weighted by atomic mass is 16.3. The number of ketones is 1. The SMILES string of the molecule is CCNCc1ccc(N=C(c2ccccc2)c2c(O)[nH]c3ccc(C(C)=O)cc23)cc1. The normalized spacial score (nSPS) is 11.7. The molecule has 3 N–H and O–H groups in total. The van der Waals surface area contributed by atoms with E-state index >= 15 is 0 Å². The predicted octanol–water partition coefficient (Wildman–Crippen LogP) is 5.35. The van der Waals surface area contributed by atoms with Gasteiger partial charge in [-0.05, 0) is 49.4 Å². The molecule has 5 nitrogen and oxygen atoms in total. The molecule has 1 aromatic heterocycles. The van der Waals surface area contributed by atoms with Gasteiger partial charge in [-0.2, -0.15) is 0 Å². The van der Waals surface area contributed by atoms with Crippen molar-refractivity contribution in [2.75, 3.05) is 6.54 Å². The molecule has 1 heterocycles. The summed E-state index contributed by atoms with van der Waals surface area (Å²) in [7, 11) is 0. The van der Waals surface area contributed by atoms with Gasteiger partial charge in [0.25, 0.3) is 0 Å². The third-order valence-corrected chi connectivity index (χ3v) is 5.23. The summed E-state index contributed by atoms with van der Waals surface area (Å²) in [5.41, 5.74) is 5.42. The van der Waals surface area contributed by atoms with Crippen molar-refractivity contribution in [2.24, 2.45) is 4.99 Å². The molecule has 4 rings (SSSR count). The van der Waals surface area contributed by atoms with Gasteiger partial charge in [-0.3, -0.25) is 4.79 Å². The number of hydrogen-bond donors (Lipinski definition) is 3. The lowest BCUT2D eigenvalue weighted by Gasteiger charge is -2.09. The van der Waals surface area contributed by atoms with Crippen LogP contribution in [0.1, 0.15) is 40.9 Å². The maximum atomic E-state index is 11.9. The van der Waals surface area contributed by atoms with E-state index in [9.17, 15) is 9.90 Å². The van der Waals surface area contributed by atoms with E-state index in [-0.39, 0.29) is 11.7 Å². The maximum Gasteiger partial charge on any atom is 0.199 e. The molecule has 0 saturated heterocycles. The van der Waals surface area contributed by atoms with Crippen molar-refractivity contribution in [3.05, 3.63) is 95.1 Å². The molecular weight excluding hydrogens is 386 g/mol. The van der Waals surface area contributed by atoms with Crippen LogP contribution in [-0.2, 0) is 6.54 Å². The monoisotopic (exact) mass is 411 g/mol. The number of carbonyl (C=O) groups is 1. The van der Waals surface area contributed by atoms with Crippen molar-refractivity contribution < 1.29 is 9.90 Å². The Morgan fingerprint density at radius 1 is 1.00 bits per heavy atom. The number of rotatable bonds is 7. The largest absolute Gasteiger partial charge is 0.494 e. The van der Waals surface area contributed by atoms with Crippen molar-refractivity contribution in [3.63, 3.8) is 0 Å². The minimum absolute atomic E-state index is 0.0250. The Balaban J connectivity index is 1.87. The molecule has 31 heavy (non-hydrogen) atoms. The molecule has 0 fully saturated rings. The number of nitrogens with one attached hydrogen (secondary N) is 2. The number of benzene rings is 3. The number of nitrogens with zero attached hydrogens (tertiary/aromatic N) is 1. The second-order valence-corrected chi connectivity index (χ2v) is 7.44. The predicted molar refractivity (Wildman–Crippen MR) is 126 cm³/mol. The van der Waals surface area contributed by atoms with Crippen LogP contribution in [0.15, 0.2) is 77.8 Å². The highest BCUT2D eigenvalue weighted by molar-refractivity contribution is 6.22. The number of aliphatic imine (C=N–C) groups is 1. The van der Waals surface area contributed by atoms with Crippen LogP contribution in [0.5, 0.6) is 5.88 Å². The summed E-state index contributed by atoms with van der Waals surface area (Å²) in [5.74, 6) is 0.00471. The Bertz CT molecular complexity index is 1240. The first-order chi connectivity index (χ1) is 15.1. The molecule has 0 aliphatic rings. The minimum atomic E-state index is -0.0250. The van der Waals surface area contributed by atoms with Crippen LogP contribution in [0.2, 0.25) is 0 Å². The molecule has 0 radical (unpaired) electrons. The standard InChI is InChI=1S/C26H25N3O2/c1-3-27-16-18-9-12-21(13-10-18)28-25(19-7-5-4-6-8-19)24-22-15-20(17(2)30)11-14-23(22)29-26(24)31/h4-15,27,29,31H,3,16H2,1-2H3. The molecule has 0 amide bonds. The summed E-state index contributed by atoms with van der Waals surface area (Å²) in [5, 5.41) is 14.9. The van der Waals surface area contributed by atoms with E-state index in [0.29, 0.717) is 16.8 Å². The lowest BCUT2D eigenvalue weighted by molar-refractivity contribution is 0.101. The van der Waals surface area contributed by atoms with Gasteiger partial charge in [0.15, 0.2) is 11.7 Å². The number of hydrogen-bond acceptors (Lipinski definition) is 4. The van der Waals surface area contributed by atoms with Crippen LogP contribution in [-0.4, -0.2) is 28.1 Å². The van der Waals surface area contributed by atoms with Gasteiger partial charge in [0.05, 0.1) is 17.0 Å². The number of H-pyrrole nitrogens is 1. The number of aromatic hydroxyl groups is 1. The van der Waals surface area contributed by atoms with E-state index in [1.54, 1.807) is 12.1 Å². The summed E-state index contributed by atoms with van der Waals surface area (Å²) < 4.78 is 0. The molecule has 0 saturated carbocycles. The molecular formula is C26H25N3O2. The van der Waals surface area contributed by atoms with E-state index in [2.05, 4.69) is 17.2 Å². The third kappa shape index (κ3) is 4.42. The minimum Gasteiger partial charge on any atom is -0.494 e. The highest BCUT2D eigenvalue weighted by Gasteiger charge is 2.19. The van der Waals surface area contributed by atoms with Gasteiger partial charge in [-0.25, -0.2) is 4.99 Å². The fourth-order valence-electron chi connectivity index (χ4n) is 3.58. The topological polar surface area (TPSA) is 77.5 Å². The van der Waals surface area contributed by atoms with Gasteiger partial charge in [0.2, 0.25) is 0 Å².